The lowest BCUT2D eigenvalue weighted by molar-refractivity contribution is -0.124. The number of carbonyl (C=O) groups excluding carboxylic acids is 4. The lowest BCUT2D eigenvalue weighted by Crippen LogP contribution is -2.58. The molecule has 0 aliphatic carbocycles. The van der Waals surface area contributed by atoms with Gasteiger partial charge in [0.25, 0.3) is 0 Å². The van der Waals surface area contributed by atoms with E-state index in [0.717, 1.165) is 6.08 Å². The van der Waals surface area contributed by atoms with Gasteiger partial charge in [0.15, 0.2) is 0 Å². The molecule has 0 rings (SSSR count). The van der Waals surface area contributed by atoms with Crippen LogP contribution in [0.5, 0.6) is 0 Å². The smallest absolute Gasteiger partial charge is 0.244 e. The van der Waals surface area contributed by atoms with Gasteiger partial charge in [0.2, 0.25) is 23.6 Å². The van der Waals surface area contributed by atoms with Gasteiger partial charge in [0.05, 0.1) is 19.8 Å². The molecule has 0 aromatic heterocycles. The van der Waals surface area contributed by atoms with Crippen LogP contribution >= 0.6 is 0 Å². The van der Waals surface area contributed by atoms with E-state index in [9.17, 15) is 19.2 Å². The summed E-state index contributed by atoms with van der Waals surface area (Å²) in [5, 5.41) is 11.0. The summed E-state index contributed by atoms with van der Waals surface area (Å²) < 4.78 is 17.5. The van der Waals surface area contributed by atoms with Gasteiger partial charge in [-0.15, -0.1) is 0 Å². The first kappa shape index (κ1) is 34.0. The average Bonchev–Trinajstić information content (AvgIpc) is 2.89. The molecule has 0 spiro atoms. The van der Waals surface area contributed by atoms with E-state index in [1.807, 2.05) is 13.8 Å². The van der Waals surface area contributed by atoms with Crippen LogP contribution in [0.2, 0.25) is 0 Å². The first-order valence-electron chi connectivity index (χ1n) is 12.5. The molecule has 0 saturated carbocycles. The number of hydrogen-bond acceptors (Lipinski definition) is 7. The van der Waals surface area contributed by atoms with Crippen LogP contribution in [0.1, 0.15) is 33.1 Å². The van der Waals surface area contributed by atoms with Gasteiger partial charge in [-0.2, -0.15) is 0 Å². The Hall–Kier alpha value is -3.02. The predicted molar refractivity (Wildman–Crippen MR) is 142 cm³/mol. The normalized spacial score (nSPS) is 10.9. The zero-order chi connectivity index (χ0) is 27.9. The van der Waals surface area contributed by atoms with Crippen LogP contribution in [-0.2, 0) is 33.4 Å². The predicted octanol–water partition coefficient (Wildman–Crippen LogP) is 0.624. The van der Waals surface area contributed by atoms with Crippen molar-refractivity contribution in [2.75, 3.05) is 59.3 Å². The van der Waals surface area contributed by atoms with E-state index in [4.69, 9.17) is 14.2 Å². The molecule has 4 amide bonds. The second kappa shape index (κ2) is 21.1. The van der Waals surface area contributed by atoms with Crippen LogP contribution in [0.25, 0.3) is 0 Å². The molecule has 0 saturated heterocycles. The molecule has 0 heterocycles. The van der Waals surface area contributed by atoms with Crippen LogP contribution in [0.4, 0.5) is 0 Å². The first-order chi connectivity index (χ1) is 17.7. The van der Waals surface area contributed by atoms with Crippen LogP contribution in [-0.4, -0.2) is 88.4 Å². The maximum Gasteiger partial charge on any atom is 0.244 e. The van der Waals surface area contributed by atoms with Gasteiger partial charge in [0, 0.05) is 45.4 Å². The number of carbonyl (C=O) groups is 4. The van der Waals surface area contributed by atoms with Crippen molar-refractivity contribution >= 4 is 23.6 Å². The molecule has 0 aliphatic rings. The lowest BCUT2D eigenvalue weighted by Gasteiger charge is -2.34. The number of amides is 4. The van der Waals surface area contributed by atoms with E-state index in [-0.39, 0.29) is 43.5 Å². The molecule has 11 heteroatoms. The quantitative estimate of drug-likeness (QED) is 0.113. The molecule has 210 valence electrons. The second-order valence-corrected chi connectivity index (χ2v) is 8.63. The number of rotatable bonds is 23. The minimum atomic E-state index is -0.999. The monoisotopic (exact) mass is 524 g/mol. The van der Waals surface area contributed by atoms with Gasteiger partial charge < -0.3 is 35.5 Å². The average molecular weight is 525 g/mol. The van der Waals surface area contributed by atoms with E-state index in [1.165, 1.54) is 12.2 Å². The summed E-state index contributed by atoms with van der Waals surface area (Å²) in [6, 6.07) is 0. The third-order valence-electron chi connectivity index (χ3n) is 4.90. The Morgan fingerprint density at radius 2 is 1.05 bits per heavy atom. The van der Waals surface area contributed by atoms with Crippen molar-refractivity contribution in [3.05, 3.63) is 38.0 Å². The maximum atomic E-state index is 12.2. The van der Waals surface area contributed by atoms with Crippen LogP contribution in [0.3, 0.4) is 0 Å². The third-order valence-corrected chi connectivity index (χ3v) is 4.90. The zero-order valence-electron chi connectivity index (χ0n) is 22.3. The third kappa shape index (κ3) is 18.0. The summed E-state index contributed by atoms with van der Waals surface area (Å²) in [4.78, 5) is 46.4. The van der Waals surface area contributed by atoms with E-state index >= 15 is 0 Å². The van der Waals surface area contributed by atoms with Crippen molar-refractivity contribution in [3.63, 3.8) is 0 Å². The minimum absolute atomic E-state index is 0.0250. The molecule has 0 bridgehead atoms. The van der Waals surface area contributed by atoms with Gasteiger partial charge in [-0.1, -0.05) is 33.6 Å². The van der Waals surface area contributed by atoms with Gasteiger partial charge >= 0.3 is 0 Å². The molecule has 0 radical (unpaired) electrons. The van der Waals surface area contributed by atoms with Crippen molar-refractivity contribution in [2.24, 2.45) is 5.92 Å². The molecule has 0 aromatic carbocycles. The summed E-state index contributed by atoms with van der Waals surface area (Å²) in [6.45, 7) is 16.6. The topological polar surface area (TPSA) is 144 Å². The van der Waals surface area contributed by atoms with Crippen molar-refractivity contribution < 1.29 is 33.4 Å². The Kier molecular flexibility index (Phi) is 19.4. The number of hydrogen-bond donors (Lipinski definition) is 4. The summed E-state index contributed by atoms with van der Waals surface area (Å²) in [7, 11) is 0. The molecule has 0 aliphatic heterocycles. The van der Waals surface area contributed by atoms with Crippen LogP contribution < -0.4 is 21.3 Å². The van der Waals surface area contributed by atoms with Crippen molar-refractivity contribution in [2.45, 2.75) is 38.6 Å². The summed E-state index contributed by atoms with van der Waals surface area (Å²) in [6.07, 6.45) is 5.27. The van der Waals surface area contributed by atoms with E-state index in [0.29, 0.717) is 58.7 Å². The van der Waals surface area contributed by atoms with E-state index < -0.39 is 11.4 Å². The van der Waals surface area contributed by atoms with Crippen molar-refractivity contribution in [1.82, 2.24) is 21.3 Å². The second-order valence-electron chi connectivity index (χ2n) is 8.63. The SMILES string of the molecule is C=CC(=O)NCCCOCC(COCCCNC(=O)C=C)(COCCCNC(=O)C(C)C)NC(=O)C=C. The van der Waals surface area contributed by atoms with E-state index in [1.54, 1.807) is 0 Å². The minimum Gasteiger partial charge on any atom is -0.379 e. The van der Waals surface area contributed by atoms with Gasteiger partial charge in [-0.25, -0.2) is 0 Å². The summed E-state index contributed by atoms with van der Waals surface area (Å²) in [5.41, 5.74) is -0.999. The maximum absolute atomic E-state index is 12.2. The molecule has 0 unspecified atom stereocenters. The highest BCUT2D eigenvalue weighted by molar-refractivity contribution is 5.87. The highest BCUT2D eigenvalue weighted by Crippen LogP contribution is 2.10. The fourth-order valence-electron chi connectivity index (χ4n) is 2.85. The molecular weight excluding hydrogens is 480 g/mol. The summed E-state index contributed by atoms with van der Waals surface area (Å²) >= 11 is 0. The Balaban J connectivity index is 4.94. The standard InChI is InChI=1S/C26H44N4O7/c1-6-22(31)27-12-9-15-35-18-26(30-24(33)8-3,19-36-16-10-13-28-23(32)7-2)20-37-17-11-14-29-25(34)21(4)5/h6-8,21H,1-3,9-20H2,4-5H3,(H,27,31)(H,28,32)(H,29,34)(H,30,33). The van der Waals surface area contributed by atoms with Crippen LogP contribution in [0, 0.1) is 5.92 Å². The molecule has 4 N–H and O–H groups in total. The molecule has 11 nitrogen and oxygen atoms in total. The molecular formula is C26H44N4O7. The molecule has 0 atom stereocenters. The van der Waals surface area contributed by atoms with Crippen molar-refractivity contribution in [3.8, 4) is 0 Å². The summed E-state index contributed by atoms with van der Waals surface area (Å²) in [5.74, 6) is -1.04. The first-order valence-corrected chi connectivity index (χ1v) is 12.5. The fraction of sp³-hybridized carbons (Fsp3) is 0.615. The molecule has 0 aromatic rings. The van der Waals surface area contributed by atoms with Gasteiger partial charge in [-0.05, 0) is 37.5 Å². The Morgan fingerprint density at radius 1 is 0.676 bits per heavy atom. The number of nitrogens with one attached hydrogen (secondary N) is 4. The van der Waals surface area contributed by atoms with Gasteiger partial charge in [0.1, 0.15) is 5.54 Å². The number of ether oxygens (including phenoxy) is 3. The lowest BCUT2D eigenvalue weighted by atomic mass is 10.0. The van der Waals surface area contributed by atoms with Gasteiger partial charge in [-0.3, -0.25) is 19.2 Å². The zero-order valence-corrected chi connectivity index (χ0v) is 22.3. The Bertz CT molecular complexity index is 708. The van der Waals surface area contributed by atoms with Crippen molar-refractivity contribution in [1.29, 1.82) is 0 Å². The Morgan fingerprint density at radius 3 is 1.41 bits per heavy atom. The van der Waals surface area contributed by atoms with Crippen LogP contribution in [0.15, 0.2) is 38.0 Å². The highest BCUT2D eigenvalue weighted by Gasteiger charge is 2.33. The molecule has 37 heavy (non-hydrogen) atoms. The fourth-order valence-corrected chi connectivity index (χ4v) is 2.85. The highest BCUT2D eigenvalue weighted by atomic mass is 16.5. The van der Waals surface area contributed by atoms with E-state index in [2.05, 4.69) is 41.0 Å². The Labute approximate surface area is 220 Å². The largest absolute Gasteiger partial charge is 0.379 e. The molecule has 0 fully saturated rings.